The Hall–Kier alpha value is -0.610. The highest BCUT2D eigenvalue weighted by molar-refractivity contribution is 5.76. The fourth-order valence-corrected chi connectivity index (χ4v) is 3.43. The predicted molar refractivity (Wildman–Crippen MR) is 86.9 cm³/mol. The monoisotopic (exact) mass is 298 g/mol. The molecule has 1 unspecified atom stereocenters. The van der Waals surface area contributed by atoms with Crippen molar-refractivity contribution in [1.82, 2.24) is 5.32 Å². The van der Waals surface area contributed by atoms with Crippen LogP contribution in [0.2, 0.25) is 0 Å². The molecule has 0 spiro atoms. The molecular formula is C17H34N2O2. The van der Waals surface area contributed by atoms with E-state index in [1.54, 1.807) is 0 Å². The third-order valence-electron chi connectivity index (χ3n) is 4.98. The molecule has 4 N–H and O–H groups in total. The van der Waals surface area contributed by atoms with Gasteiger partial charge in [0, 0.05) is 6.42 Å². The van der Waals surface area contributed by atoms with Crippen molar-refractivity contribution in [3.63, 3.8) is 0 Å². The molecule has 0 aliphatic heterocycles. The van der Waals surface area contributed by atoms with Crippen LogP contribution in [0.15, 0.2) is 0 Å². The van der Waals surface area contributed by atoms with E-state index in [0.717, 1.165) is 38.5 Å². The summed E-state index contributed by atoms with van der Waals surface area (Å²) in [6, 6.07) is 0. The molecule has 0 aromatic rings. The molecule has 1 amide bonds. The van der Waals surface area contributed by atoms with Gasteiger partial charge in [0.15, 0.2) is 0 Å². The lowest BCUT2D eigenvalue weighted by Gasteiger charge is -2.37. The standard InChI is InChI=1S/C17H34N2O2/c1-16(2,3)14(9-12-18)7-8-15(21)19-17(13-20)10-5-4-6-11-17/h14,20H,4-13,18H2,1-3H3,(H,19,21). The molecular weight excluding hydrogens is 264 g/mol. The second-order valence-electron chi connectivity index (χ2n) is 7.73. The van der Waals surface area contributed by atoms with Gasteiger partial charge >= 0.3 is 0 Å². The van der Waals surface area contributed by atoms with Crippen molar-refractivity contribution in [3.05, 3.63) is 0 Å². The van der Waals surface area contributed by atoms with E-state index in [0.29, 0.717) is 18.9 Å². The number of nitrogens with two attached hydrogens (primary N) is 1. The van der Waals surface area contributed by atoms with Gasteiger partial charge in [0.1, 0.15) is 0 Å². The number of hydrogen-bond donors (Lipinski definition) is 3. The van der Waals surface area contributed by atoms with Crippen LogP contribution in [-0.2, 0) is 4.79 Å². The van der Waals surface area contributed by atoms with Gasteiger partial charge in [-0.25, -0.2) is 0 Å². The second kappa shape index (κ2) is 8.14. The van der Waals surface area contributed by atoms with Crippen molar-refractivity contribution in [2.45, 2.75) is 77.7 Å². The molecule has 0 aromatic carbocycles. The fraction of sp³-hybridized carbons (Fsp3) is 0.941. The third-order valence-corrected chi connectivity index (χ3v) is 4.98. The molecule has 0 heterocycles. The van der Waals surface area contributed by atoms with Crippen LogP contribution >= 0.6 is 0 Å². The Morgan fingerprint density at radius 2 is 1.86 bits per heavy atom. The Morgan fingerprint density at radius 1 is 1.24 bits per heavy atom. The van der Waals surface area contributed by atoms with E-state index < -0.39 is 0 Å². The minimum absolute atomic E-state index is 0.0598. The van der Waals surface area contributed by atoms with Crippen molar-refractivity contribution in [2.24, 2.45) is 17.1 Å². The zero-order valence-electron chi connectivity index (χ0n) is 14.1. The summed E-state index contributed by atoms with van der Waals surface area (Å²) >= 11 is 0. The van der Waals surface area contributed by atoms with Crippen molar-refractivity contribution >= 4 is 5.91 Å². The second-order valence-corrected chi connectivity index (χ2v) is 7.73. The SMILES string of the molecule is CC(C)(C)C(CCN)CCC(=O)NC1(CO)CCCCC1. The molecule has 124 valence electrons. The van der Waals surface area contributed by atoms with E-state index in [2.05, 4.69) is 26.1 Å². The number of carbonyl (C=O) groups is 1. The van der Waals surface area contributed by atoms with Crippen LogP contribution in [0.25, 0.3) is 0 Å². The van der Waals surface area contributed by atoms with Gasteiger partial charge in [0.05, 0.1) is 12.1 Å². The number of nitrogens with one attached hydrogen (secondary N) is 1. The molecule has 1 atom stereocenters. The molecule has 1 fully saturated rings. The maximum absolute atomic E-state index is 12.3. The maximum atomic E-state index is 12.3. The smallest absolute Gasteiger partial charge is 0.220 e. The number of aliphatic hydroxyl groups is 1. The first-order chi connectivity index (χ1) is 9.83. The maximum Gasteiger partial charge on any atom is 0.220 e. The lowest BCUT2D eigenvalue weighted by Crippen LogP contribution is -2.52. The van der Waals surface area contributed by atoms with Gasteiger partial charge < -0.3 is 16.2 Å². The fourth-order valence-electron chi connectivity index (χ4n) is 3.43. The molecule has 1 rings (SSSR count). The van der Waals surface area contributed by atoms with E-state index in [1.807, 2.05) is 0 Å². The number of hydrogen-bond acceptors (Lipinski definition) is 3. The van der Waals surface area contributed by atoms with Crippen LogP contribution in [0.5, 0.6) is 0 Å². The van der Waals surface area contributed by atoms with Crippen molar-refractivity contribution in [1.29, 1.82) is 0 Å². The average molecular weight is 298 g/mol. The minimum Gasteiger partial charge on any atom is -0.394 e. The van der Waals surface area contributed by atoms with Gasteiger partial charge in [0.2, 0.25) is 5.91 Å². The molecule has 1 saturated carbocycles. The molecule has 0 radical (unpaired) electrons. The summed E-state index contributed by atoms with van der Waals surface area (Å²) in [5.74, 6) is 0.543. The van der Waals surface area contributed by atoms with Gasteiger partial charge in [-0.3, -0.25) is 4.79 Å². The molecule has 1 aliphatic carbocycles. The predicted octanol–water partition coefficient (Wildman–Crippen LogP) is 2.59. The van der Waals surface area contributed by atoms with E-state index in [4.69, 9.17) is 5.73 Å². The van der Waals surface area contributed by atoms with Gasteiger partial charge in [-0.15, -0.1) is 0 Å². The van der Waals surface area contributed by atoms with Crippen LogP contribution in [0.4, 0.5) is 0 Å². The number of rotatable bonds is 7. The van der Waals surface area contributed by atoms with E-state index in [9.17, 15) is 9.90 Å². The van der Waals surface area contributed by atoms with Gasteiger partial charge in [-0.2, -0.15) is 0 Å². The largest absolute Gasteiger partial charge is 0.394 e. The summed E-state index contributed by atoms with van der Waals surface area (Å²) in [5.41, 5.74) is 5.51. The first kappa shape index (κ1) is 18.4. The lowest BCUT2D eigenvalue weighted by molar-refractivity contribution is -0.124. The van der Waals surface area contributed by atoms with Crippen LogP contribution in [0.1, 0.15) is 72.1 Å². The molecule has 4 nitrogen and oxygen atoms in total. The summed E-state index contributed by atoms with van der Waals surface area (Å²) in [5, 5.41) is 12.8. The zero-order chi connectivity index (χ0) is 15.9. The number of aliphatic hydroxyl groups excluding tert-OH is 1. The summed E-state index contributed by atoms with van der Waals surface area (Å²) in [6.45, 7) is 7.36. The average Bonchev–Trinajstić information content (AvgIpc) is 2.43. The molecule has 1 aliphatic rings. The number of carbonyl (C=O) groups excluding carboxylic acids is 1. The summed E-state index contributed by atoms with van der Waals surface area (Å²) in [6.07, 6.45) is 7.57. The van der Waals surface area contributed by atoms with Gasteiger partial charge in [0.25, 0.3) is 0 Å². The first-order valence-electron chi connectivity index (χ1n) is 8.45. The highest BCUT2D eigenvalue weighted by atomic mass is 16.3. The van der Waals surface area contributed by atoms with E-state index in [-0.39, 0.29) is 23.5 Å². The molecule has 21 heavy (non-hydrogen) atoms. The van der Waals surface area contributed by atoms with Crippen LogP contribution in [-0.4, -0.2) is 29.7 Å². The third kappa shape index (κ3) is 5.95. The molecule has 0 aromatic heterocycles. The summed E-state index contributed by atoms with van der Waals surface area (Å²) in [7, 11) is 0. The van der Waals surface area contributed by atoms with Crippen molar-refractivity contribution in [2.75, 3.05) is 13.2 Å². The Kier molecular flexibility index (Phi) is 7.14. The normalized spacial score (nSPS) is 20.0. The van der Waals surface area contributed by atoms with Gasteiger partial charge in [-0.05, 0) is 43.6 Å². The minimum atomic E-state index is -0.361. The first-order valence-corrected chi connectivity index (χ1v) is 8.45. The van der Waals surface area contributed by atoms with Crippen LogP contribution < -0.4 is 11.1 Å². The van der Waals surface area contributed by atoms with Crippen molar-refractivity contribution in [3.8, 4) is 0 Å². The molecule has 0 bridgehead atoms. The summed E-state index contributed by atoms with van der Waals surface area (Å²) < 4.78 is 0. The van der Waals surface area contributed by atoms with E-state index in [1.165, 1.54) is 6.42 Å². The molecule has 4 heteroatoms. The number of amides is 1. The highest BCUT2D eigenvalue weighted by Crippen LogP contribution is 2.32. The Bertz CT molecular complexity index is 317. The van der Waals surface area contributed by atoms with E-state index >= 15 is 0 Å². The topological polar surface area (TPSA) is 75.4 Å². The van der Waals surface area contributed by atoms with Crippen molar-refractivity contribution < 1.29 is 9.90 Å². The molecule has 0 saturated heterocycles. The Morgan fingerprint density at radius 3 is 2.33 bits per heavy atom. The highest BCUT2D eigenvalue weighted by Gasteiger charge is 2.33. The summed E-state index contributed by atoms with van der Waals surface area (Å²) in [4.78, 5) is 12.3. The Balaban J connectivity index is 2.48. The zero-order valence-corrected chi connectivity index (χ0v) is 14.1. The Labute approximate surface area is 129 Å². The van der Waals surface area contributed by atoms with Crippen LogP contribution in [0, 0.1) is 11.3 Å². The van der Waals surface area contributed by atoms with Crippen LogP contribution in [0.3, 0.4) is 0 Å². The lowest BCUT2D eigenvalue weighted by atomic mass is 9.76. The quantitative estimate of drug-likeness (QED) is 0.676. The van der Waals surface area contributed by atoms with Gasteiger partial charge in [-0.1, -0.05) is 40.0 Å².